The molecule has 0 radical (unpaired) electrons. The lowest BCUT2D eigenvalue weighted by Crippen LogP contribution is -2.34. The van der Waals surface area contributed by atoms with E-state index in [2.05, 4.69) is 0 Å². The Bertz CT molecular complexity index is 914. The highest BCUT2D eigenvalue weighted by atomic mass is 16.6. The van der Waals surface area contributed by atoms with E-state index >= 15 is 0 Å². The second kappa shape index (κ2) is 7.25. The van der Waals surface area contributed by atoms with Gasteiger partial charge in [-0.2, -0.15) is 0 Å². The van der Waals surface area contributed by atoms with Gasteiger partial charge in [-0.25, -0.2) is 0 Å². The molecule has 0 bridgehead atoms. The van der Waals surface area contributed by atoms with Gasteiger partial charge in [0.05, 0.1) is 32.6 Å². The van der Waals surface area contributed by atoms with E-state index in [0.29, 0.717) is 50.9 Å². The summed E-state index contributed by atoms with van der Waals surface area (Å²) >= 11 is 0. The van der Waals surface area contributed by atoms with Crippen LogP contribution < -0.4 is 15.0 Å². The minimum atomic E-state index is -0.141. The van der Waals surface area contributed by atoms with Crippen molar-refractivity contribution in [2.24, 2.45) is 0 Å². The Morgan fingerprint density at radius 2 is 2.15 bits per heavy atom. The molecule has 1 saturated heterocycles. The average Bonchev–Trinajstić information content (AvgIpc) is 2.70. The summed E-state index contributed by atoms with van der Waals surface area (Å²) in [5.74, 6) is 1.10. The van der Waals surface area contributed by atoms with Gasteiger partial charge in [-0.1, -0.05) is 0 Å². The maximum atomic E-state index is 12.6. The van der Waals surface area contributed by atoms with Gasteiger partial charge in [-0.15, -0.1) is 0 Å². The Morgan fingerprint density at radius 3 is 2.89 bits per heavy atom. The number of aromatic hydroxyl groups is 1. The topological polar surface area (TPSA) is 79.2 Å². The molecular weight excluding hydrogens is 350 g/mol. The van der Waals surface area contributed by atoms with Crippen molar-refractivity contribution in [1.29, 1.82) is 0 Å². The molecule has 1 aromatic heterocycles. The third-order valence-corrected chi connectivity index (χ3v) is 5.13. The first-order valence-corrected chi connectivity index (χ1v) is 9.06. The van der Waals surface area contributed by atoms with E-state index in [9.17, 15) is 9.90 Å². The first-order chi connectivity index (χ1) is 13.1. The highest BCUT2D eigenvalue weighted by molar-refractivity contribution is 5.75. The molecule has 1 N–H and O–H groups in total. The van der Waals surface area contributed by atoms with E-state index in [1.54, 1.807) is 10.6 Å². The standard InChI is InChI=1S/C20H23NO6/c1-12-17(27-11-13-10-25-7-8-26-13)9-18(22)21-6-5-15-14(19(12)21)3-4-16(24-2)20(15)23/h3-4,9,13,23H,5-8,10-11H2,1-2H3. The highest BCUT2D eigenvalue weighted by Gasteiger charge is 2.25. The SMILES string of the molecule is COc1ccc2c(c1O)CCn1c-2c(C)c(OCC2COCCO2)cc1=O. The zero-order valence-electron chi connectivity index (χ0n) is 15.5. The zero-order chi connectivity index (χ0) is 19.0. The van der Waals surface area contributed by atoms with Gasteiger partial charge in [0.1, 0.15) is 18.5 Å². The summed E-state index contributed by atoms with van der Waals surface area (Å²) in [5, 5.41) is 10.5. The van der Waals surface area contributed by atoms with Crippen molar-refractivity contribution in [3.05, 3.63) is 39.7 Å². The van der Waals surface area contributed by atoms with E-state index in [1.807, 2.05) is 13.0 Å². The van der Waals surface area contributed by atoms with Crippen molar-refractivity contribution < 1.29 is 24.1 Å². The van der Waals surface area contributed by atoms with Gasteiger partial charge in [0.15, 0.2) is 11.5 Å². The van der Waals surface area contributed by atoms with Gasteiger partial charge in [0.2, 0.25) is 0 Å². The molecule has 2 aliphatic rings. The number of hydrogen-bond acceptors (Lipinski definition) is 6. The van der Waals surface area contributed by atoms with Crippen LogP contribution in [0.5, 0.6) is 17.2 Å². The molecule has 144 valence electrons. The number of benzene rings is 1. The summed E-state index contributed by atoms with van der Waals surface area (Å²) in [4.78, 5) is 12.6. The van der Waals surface area contributed by atoms with Crippen molar-refractivity contribution in [2.45, 2.75) is 26.0 Å². The molecule has 0 amide bonds. The zero-order valence-corrected chi connectivity index (χ0v) is 15.5. The Balaban J connectivity index is 1.72. The minimum Gasteiger partial charge on any atom is -0.504 e. The lowest BCUT2D eigenvalue weighted by molar-refractivity contribution is -0.101. The maximum Gasteiger partial charge on any atom is 0.254 e. The molecule has 1 aromatic carbocycles. The number of fused-ring (bicyclic) bond motifs is 3. The van der Waals surface area contributed by atoms with Crippen molar-refractivity contribution in [3.8, 4) is 28.5 Å². The largest absolute Gasteiger partial charge is 0.504 e. The number of nitrogens with zero attached hydrogens (tertiary/aromatic N) is 1. The maximum absolute atomic E-state index is 12.6. The predicted octanol–water partition coefficient (Wildman–Crippen LogP) is 1.89. The molecule has 7 nitrogen and oxygen atoms in total. The number of aromatic nitrogens is 1. The Morgan fingerprint density at radius 1 is 1.30 bits per heavy atom. The molecule has 1 fully saturated rings. The molecular formula is C20H23NO6. The third-order valence-electron chi connectivity index (χ3n) is 5.13. The summed E-state index contributed by atoms with van der Waals surface area (Å²) < 4.78 is 23.8. The smallest absolute Gasteiger partial charge is 0.254 e. The lowest BCUT2D eigenvalue weighted by Gasteiger charge is -2.27. The van der Waals surface area contributed by atoms with Crippen LogP contribution in [0.4, 0.5) is 0 Å². The van der Waals surface area contributed by atoms with Crippen molar-refractivity contribution >= 4 is 0 Å². The van der Waals surface area contributed by atoms with Crippen LogP contribution in [-0.4, -0.2) is 49.3 Å². The number of hydrogen-bond donors (Lipinski definition) is 1. The van der Waals surface area contributed by atoms with Crippen LogP contribution in [-0.2, 0) is 22.4 Å². The van der Waals surface area contributed by atoms with E-state index in [1.165, 1.54) is 13.2 Å². The van der Waals surface area contributed by atoms with Crippen molar-refractivity contribution in [3.63, 3.8) is 0 Å². The lowest BCUT2D eigenvalue weighted by atomic mass is 9.93. The molecule has 27 heavy (non-hydrogen) atoms. The van der Waals surface area contributed by atoms with Crippen LogP contribution in [0.1, 0.15) is 11.1 Å². The van der Waals surface area contributed by atoms with Crippen LogP contribution in [0.15, 0.2) is 23.0 Å². The van der Waals surface area contributed by atoms with Crippen LogP contribution >= 0.6 is 0 Å². The molecule has 1 unspecified atom stereocenters. The van der Waals surface area contributed by atoms with Crippen LogP contribution in [0.3, 0.4) is 0 Å². The molecule has 2 aromatic rings. The van der Waals surface area contributed by atoms with Gasteiger partial charge < -0.3 is 28.6 Å². The normalized spacial score (nSPS) is 18.5. The molecule has 1 atom stereocenters. The fourth-order valence-electron chi connectivity index (χ4n) is 3.74. The monoisotopic (exact) mass is 373 g/mol. The third kappa shape index (κ3) is 3.17. The highest BCUT2D eigenvalue weighted by Crippen LogP contribution is 2.42. The van der Waals surface area contributed by atoms with Gasteiger partial charge in [0, 0.05) is 29.3 Å². The first-order valence-electron chi connectivity index (χ1n) is 9.06. The van der Waals surface area contributed by atoms with Gasteiger partial charge in [-0.05, 0) is 25.5 Å². The molecule has 0 saturated carbocycles. The predicted molar refractivity (Wildman–Crippen MR) is 98.8 cm³/mol. The van der Waals surface area contributed by atoms with Gasteiger partial charge >= 0.3 is 0 Å². The number of ether oxygens (including phenoxy) is 4. The van der Waals surface area contributed by atoms with Crippen LogP contribution in [0, 0.1) is 6.92 Å². The average molecular weight is 373 g/mol. The number of pyridine rings is 1. The Labute approximate surface area is 157 Å². The summed E-state index contributed by atoms with van der Waals surface area (Å²) in [6.45, 7) is 4.38. The number of methoxy groups -OCH3 is 1. The quantitative estimate of drug-likeness (QED) is 0.882. The number of phenols is 1. The molecule has 0 spiro atoms. The fourth-order valence-corrected chi connectivity index (χ4v) is 3.74. The minimum absolute atomic E-state index is 0.118. The molecule has 3 heterocycles. The Hall–Kier alpha value is -2.51. The van der Waals surface area contributed by atoms with Crippen LogP contribution in [0.2, 0.25) is 0 Å². The second-order valence-electron chi connectivity index (χ2n) is 6.74. The van der Waals surface area contributed by atoms with E-state index in [0.717, 1.165) is 22.4 Å². The molecule has 7 heteroatoms. The van der Waals surface area contributed by atoms with E-state index in [-0.39, 0.29) is 17.4 Å². The van der Waals surface area contributed by atoms with E-state index < -0.39 is 0 Å². The summed E-state index contributed by atoms with van der Waals surface area (Å²) in [6.07, 6.45) is 0.426. The molecule has 2 aliphatic heterocycles. The van der Waals surface area contributed by atoms with Gasteiger partial charge in [0.25, 0.3) is 5.56 Å². The van der Waals surface area contributed by atoms with Crippen molar-refractivity contribution in [2.75, 3.05) is 33.5 Å². The summed E-state index contributed by atoms with van der Waals surface area (Å²) in [6, 6.07) is 5.12. The fraction of sp³-hybridized carbons (Fsp3) is 0.450. The summed E-state index contributed by atoms with van der Waals surface area (Å²) in [5.41, 5.74) is 3.14. The molecule has 4 rings (SSSR count). The van der Waals surface area contributed by atoms with E-state index in [4.69, 9.17) is 18.9 Å². The Kier molecular flexibility index (Phi) is 4.80. The van der Waals surface area contributed by atoms with Crippen molar-refractivity contribution in [1.82, 2.24) is 4.57 Å². The van der Waals surface area contributed by atoms with Crippen LogP contribution in [0.25, 0.3) is 11.3 Å². The second-order valence-corrected chi connectivity index (χ2v) is 6.74. The summed E-state index contributed by atoms with van der Waals surface area (Å²) in [7, 11) is 1.52. The number of rotatable bonds is 4. The first kappa shape index (κ1) is 17.9. The molecule has 0 aliphatic carbocycles. The number of phenolic OH excluding ortho intramolecular Hbond substituents is 1. The van der Waals surface area contributed by atoms with Gasteiger partial charge in [-0.3, -0.25) is 4.79 Å².